The summed E-state index contributed by atoms with van der Waals surface area (Å²) in [7, 11) is -2.33. The summed E-state index contributed by atoms with van der Waals surface area (Å²) in [5, 5.41) is 0. The standard InChI is InChI=1S/C20H32N4O4S/c1-19(2,3)24-11-9-23(10-12-24)17-8-7-15(14-21-17)13-16-20(4,5)28-18(27-6)22-29(16,25)26/h7-8,13-14,18,22H,9-12H2,1-6H3/b16-13+. The van der Waals surface area contributed by atoms with Crippen molar-refractivity contribution >= 4 is 21.9 Å². The summed E-state index contributed by atoms with van der Waals surface area (Å²) in [6.07, 6.45) is 2.30. The minimum absolute atomic E-state index is 0.145. The quantitative estimate of drug-likeness (QED) is 0.794. The molecular formula is C20H32N4O4S. The van der Waals surface area contributed by atoms with Gasteiger partial charge in [0.25, 0.3) is 0 Å². The number of pyridine rings is 1. The second-order valence-corrected chi connectivity index (χ2v) is 10.6. The van der Waals surface area contributed by atoms with Gasteiger partial charge in [0.1, 0.15) is 11.4 Å². The number of sulfonamides is 1. The van der Waals surface area contributed by atoms with E-state index in [4.69, 9.17) is 9.47 Å². The number of ether oxygens (including phenoxy) is 2. The highest BCUT2D eigenvalue weighted by Crippen LogP contribution is 2.32. The van der Waals surface area contributed by atoms with Crippen molar-refractivity contribution in [1.82, 2.24) is 14.6 Å². The Morgan fingerprint density at radius 3 is 2.38 bits per heavy atom. The lowest BCUT2D eigenvalue weighted by Crippen LogP contribution is -2.53. The van der Waals surface area contributed by atoms with Crippen LogP contribution >= 0.6 is 0 Å². The molecule has 0 spiro atoms. The molecule has 2 aliphatic heterocycles. The molecular weight excluding hydrogens is 392 g/mol. The molecule has 0 aliphatic carbocycles. The lowest BCUT2D eigenvalue weighted by Gasteiger charge is -2.42. The van der Waals surface area contributed by atoms with E-state index in [-0.39, 0.29) is 10.4 Å². The molecule has 29 heavy (non-hydrogen) atoms. The Morgan fingerprint density at radius 1 is 1.24 bits per heavy atom. The zero-order valence-corrected chi connectivity index (χ0v) is 18.9. The van der Waals surface area contributed by atoms with E-state index in [0.29, 0.717) is 5.56 Å². The van der Waals surface area contributed by atoms with Crippen LogP contribution in [0.5, 0.6) is 0 Å². The number of aromatic nitrogens is 1. The van der Waals surface area contributed by atoms with Gasteiger partial charge in [-0.25, -0.2) is 13.4 Å². The summed E-state index contributed by atoms with van der Waals surface area (Å²) in [5.74, 6) is 0.903. The van der Waals surface area contributed by atoms with Gasteiger partial charge in [-0.05, 0) is 58.4 Å². The molecule has 1 aromatic heterocycles. The van der Waals surface area contributed by atoms with Gasteiger partial charge in [0, 0.05) is 45.0 Å². The number of hydrogen-bond donors (Lipinski definition) is 1. The van der Waals surface area contributed by atoms with E-state index in [1.54, 1.807) is 26.1 Å². The molecule has 9 heteroatoms. The molecule has 1 unspecified atom stereocenters. The molecule has 1 N–H and O–H groups in total. The van der Waals surface area contributed by atoms with Gasteiger partial charge in [-0.2, -0.15) is 4.72 Å². The van der Waals surface area contributed by atoms with Crippen LogP contribution in [-0.2, 0) is 19.5 Å². The van der Waals surface area contributed by atoms with Crippen molar-refractivity contribution in [3.05, 3.63) is 28.8 Å². The van der Waals surface area contributed by atoms with Gasteiger partial charge in [0.2, 0.25) is 16.4 Å². The van der Waals surface area contributed by atoms with E-state index in [9.17, 15) is 8.42 Å². The Hall–Kier alpha value is -1.52. The SMILES string of the molecule is COC1NS(=O)(=O)/C(=C/c2ccc(N3CCN(C(C)(C)C)CC3)nc2)C(C)(C)O1. The maximum absolute atomic E-state index is 12.6. The summed E-state index contributed by atoms with van der Waals surface area (Å²) >= 11 is 0. The number of piperazine rings is 1. The normalized spacial score (nSPS) is 26.6. The fourth-order valence-corrected chi connectivity index (χ4v) is 5.15. The zero-order chi connectivity index (χ0) is 21.4. The number of methoxy groups -OCH3 is 1. The van der Waals surface area contributed by atoms with Crippen LogP contribution in [0.2, 0.25) is 0 Å². The van der Waals surface area contributed by atoms with Crippen LogP contribution in [0.3, 0.4) is 0 Å². The molecule has 0 radical (unpaired) electrons. The highest BCUT2D eigenvalue weighted by molar-refractivity contribution is 7.93. The van der Waals surface area contributed by atoms with Crippen molar-refractivity contribution in [1.29, 1.82) is 0 Å². The first-order chi connectivity index (χ1) is 13.4. The summed E-state index contributed by atoms with van der Waals surface area (Å²) in [6.45, 7) is 13.9. The summed E-state index contributed by atoms with van der Waals surface area (Å²) < 4.78 is 38.3. The average molecular weight is 425 g/mol. The number of hydrogen-bond acceptors (Lipinski definition) is 7. The molecule has 2 fully saturated rings. The van der Waals surface area contributed by atoms with E-state index >= 15 is 0 Å². The third-order valence-electron chi connectivity index (χ3n) is 5.37. The first-order valence-electron chi connectivity index (χ1n) is 9.83. The number of nitrogens with zero attached hydrogens (tertiary/aromatic N) is 3. The largest absolute Gasteiger partial charge is 0.354 e. The highest BCUT2D eigenvalue weighted by Gasteiger charge is 2.42. The van der Waals surface area contributed by atoms with Gasteiger partial charge in [-0.3, -0.25) is 4.90 Å². The second-order valence-electron chi connectivity index (χ2n) is 8.92. The number of anilines is 1. The minimum Gasteiger partial charge on any atom is -0.354 e. The molecule has 2 aliphatic rings. The summed E-state index contributed by atoms with van der Waals surface area (Å²) in [4.78, 5) is 9.44. The lowest BCUT2D eigenvalue weighted by molar-refractivity contribution is -0.184. The van der Waals surface area contributed by atoms with Crippen LogP contribution in [0.1, 0.15) is 40.2 Å². The van der Waals surface area contributed by atoms with Crippen LogP contribution in [0.15, 0.2) is 23.2 Å². The fourth-order valence-electron chi connectivity index (χ4n) is 3.64. The van der Waals surface area contributed by atoms with Gasteiger partial charge < -0.3 is 14.4 Å². The van der Waals surface area contributed by atoms with Gasteiger partial charge in [0.15, 0.2) is 0 Å². The molecule has 0 aromatic carbocycles. The first kappa shape index (κ1) is 22.2. The van der Waals surface area contributed by atoms with Crippen molar-refractivity contribution in [3.63, 3.8) is 0 Å². The fraction of sp³-hybridized carbons (Fsp3) is 0.650. The molecule has 0 amide bonds. The third-order valence-corrected chi connectivity index (χ3v) is 7.06. The van der Waals surface area contributed by atoms with Crippen LogP contribution < -0.4 is 9.62 Å². The average Bonchev–Trinajstić information content (AvgIpc) is 2.64. The molecule has 3 rings (SSSR count). The van der Waals surface area contributed by atoms with Gasteiger partial charge in [-0.15, -0.1) is 0 Å². The lowest BCUT2D eigenvalue weighted by atomic mass is 10.0. The van der Waals surface area contributed by atoms with Crippen LogP contribution in [-0.4, -0.2) is 69.1 Å². The second kappa shape index (κ2) is 7.96. The van der Waals surface area contributed by atoms with Crippen molar-refractivity contribution in [3.8, 4) is 0 Å². The van der Waals surface area contributed by atoms with Crippen molar-refractivity contribution in [2.24, 2.45) is 0 Å². The molecule has 1 atom stereocenters. The highest BCUT2D eigenvalue weighted by atomic mass is 32.2. The Balaban J connectivity index is 1.75. The van der Waals surface area contributed by atoms with Crippen LogP contribution in [0, 0.1) is 0 Å². The van der Waals surface area contributed by atoms with Crippen molar-refractivity contribution < 1.29 is 17.9 Å². The Bertz CT molecular complexity index is 851. The van der Waals surface area contributed by atoms with E-state index in [2.05, 4.69) is 40.3 Å². The van der Waals surface area contributed by atoms with Crippen molar-refractivity contribution in [2.75, 3.05) is 38.2 Å². The maximum Gasteiger partial charge on any atom is 0.243 e. The molecule has 0 saturated carbocycles. The van der Waals surface area contributed by atoms with E-state index in [1.807, 2.05) is 12.1 Å². The van der Waals surface area contributed by atoms with E-state index in [0.717, 1.165) is 32.0 Å². The predicted molar refractivity (Wildman–Crippen MR) is 114 cm³/mol. The number of nitrogens with one attached hydrogen (secondary N) is 1. The monoisotopic (exact) mass is 424 g/mol. The zero-order valence-electron chi connectivity index (χ0n) is 18.1. The molecule has 162 valence electrons. The minimum atomic E-state index is -3.72. The Morgan fingerprint density at radius 2 is 1.90 bits per heavy atom. The van der Waals surface area contributed by atoms with Gasteiger partial charge >= 0.3 is 0 Å². The molecule has 0 bridgehead atoms. The van der Waals surface area contributed by atoms with Crippen LogP contribution in [0.25, 0.3) is 6.08 Å². The Kier molecular flexibility index (Phi) is 6.08. The van der Waals surface area contributed by atoms with E-state index in [1.165, 1.54) is 7.11 Å². The van der Waals surface area contributed by atoms with Crippen LogP contribution in [0.4, 0.5) is 5.82 Å². The van der Waals surface area contributed by atoms with Crippen molar-refractivity contribution in [2.45, 2.75) is 52.2 Å². The maximum atomic E-state index is 12.6. The first-order valence-corrected chi connectivity index (χ1v) is 11.3. The number of rotatable bonds is 3. The molecule has 1 aromatic rings. The predicted octanol–water partition coefficient (Wildman–Crippen LogP) is 2.00. The molecule has 8 nitrogen and oxygen atoms in total. The summed E-state index contributed by atoms with van der Waals surface area (Å²) in [6, 6.07) is 3.83. The third kappa shape index (κ3) is 4.97. The smallest absolute Gasteiger partial charge is 0.243 e. The van der Waals surface area contributed by atoms with E-state index < -0.39 is 22.0 Å². The summed E-state index contributed by atoms with van der Waals surface area (Å²) in [5.41, 5.74) is -0.145. The molecule has 2 saturated heterocycles. The van der Waals surface area contributed by atoms with Gasteiger partial charge in [0.05, 0.1) is 4.91 Å². The molecule has 3 heterocycles. The topological polar surface area (TPSA) is 84.0 Å². The van der Waals surface area contributed by atoms with Gasteiger partial charge in [-0.1, -0.05) is 0 Å². The Labute approximate surface area is 173 Å².